The second-order valence-corrected chi connectivity index (χ2v) is 9.12. The smallest absolute Gasteiger partial charge is 0.254 e. The standard InChI is InChI=1S/C24H22N4O2S/c29-24(19-9-8-17-7-6-16-3-1-4-18(19)22(16)17)28-12-10-27(11-13-28)15-21-25-23(26-30-21)20-5-2-14-31-20/h1-5,8-9,14H,6-7,10-13,15H2. The molecule has 1 amide bonds. The van der Waals surface area contributed by atoms with Crippen molar-refractivity contribution in [2.75, 3.05) is 26.2 Å². The third-order valence-electron chi connectivity index (χ3n) is 6.34. The average molecular weight is 431 g/mol. The third kappa shape index (κ3) is 3.34. The van der Waals surface area contributed by atoms with Gasteiger partial charge in [0.25, 0.3) is 5.91 Å². The fourth-order valence-electron chi connectivity index (χ4n) is 4.73. The highest BCUT2D eigenvalue weighted by Gasteiger charge is 2.26. The second kappa shape index (κ2) is 7.59. The monoisotopic (exact) mass is 430 g/mol. The lowest BCUT2D eigenvalue weighted by molar-refractivity contribution is 0.0617. The number of amides is 1. The van der Waals surface area contributed by atoms with Crippen LogP contribution in [-0.4, -0.2) is 52.0 Å². The van der Waals surface area contributed by atoms with Crippen LogP contribution in [-0.2, 0) is 19.4 Å². The summed E-state index contributed by atoms with van der Waals surface area (Å²) in [6.45, 7) is 3.61. The maximum atomic E-state index is 13.3. The zero-order valence-electron chi connectivity index (χ0n) is 17.1. The Labute approximate surface area is 184 Å². The van der Waals surface area contributed by atoms with Gasteiger partial charge < -0.3 is 9.42 Å². The minimum Gasteiger partial charge on any atom is -0.338 e. The highest BCUT2D eigenvalue weighted by atomic mass is 32.1. The Hall–Kier alpha value is -3.03. The van der Waals surface area contributed by atoms with E-state index in [-0.39, 0.29) is 5.91 Å². The number of aromatic nitrogens is 2. The van der Waals surface area contributed by atoms with Crippen molar-refractivity contribution in [2.24, 2.45) is 0 Å². The average Bonchev–Trinajstić information content (AvgIpc) is 3.56. The fourth-order valence-corrected chi connectivity index (χ4v) is 5.38. The van der Waals surface area contributed by atoms with E-state index in [9.17, 15) is 4.79 Å². The number of thiophene rings is 1. The lowest BCUT2D eigenvalue weighted by Crippen LogP contribution is -2.48. The number of carbonyl (C=O) groups is 1. The molecule has 1 fully saturated rings. The molecule has 1 aliphatic carbocycles. The lowest BCUT2D eigenvalue weighted by Gasteiger charge is -2.34. The number of piperazine rings is 1. The van der Waals surface area contributed by atoms with Crippen molar-refractivity contribution < 1.29 is 9.32 Å². The Morgan fingerprint density at radius 2 is 1.84 bits per heavy atom. The molecule has 2 aromatic carbocycles. The van der Waals surface area contributed by atoms with Crippen LogP contribution in [0, 0.1) is 0 Å². The summed E-state index contributed by atoms with van der Waals surface area (Å²) in [6.07, 6.45) is 2.15. The largest absolute Gasteiger partial charge is 0.338 e. The molecular weight excluding hydrogens is 408 g/mol. The summed E-state index contributed by atoms with van der Waals surface area (Å²) in [6, 6.07) is 14.5. The first kappa shape index (κ1) is 18.7. The van der Waals surface area contributed by atoms with Gasteiger partial charge in [0.1, 0.15) is 0 Å². The summed E-state index contributed by atoms with van der Waals surface area (Å²) in [5, 5.41) is 8.49. The van der Waals surface area contributed by atoms with Crippen LogP contribution in [0.15, 0.2) is 52.4 Å². The molecule has 6 rings (SSSR count). The fraction of sp³-hybridized carbons (Fsp3) is 0.292. The number of rotatable bonds is 4. The van der Waals surface area contributed by atoms with Crippen molar-refractivity contribution in [3.63, 3.8) is 0 Å². The van der Waals surface area contributed by atoms with Gasteiger partial charge in [-0.1, -0.05) is 35.5 Å². The first-order valence-corrected chi connectivity index (χ1v) is 11.6. The SMILES string of the molecule is O=C(c1ccc2c3c(cccc13)CC2)N1CCN(Cc2nc(-c3cccs3)no2)CC1. The zero-order valence-corrected chi connectivity index (χ0v) is 17.9. The molecule has 0 radical (unpaired) electrons. The van der Waals surface area contributed by atoms with Gasteiger partial charge in [-0.2, -0.15) is 4.98 Å². The van der Waals surface area contributed by atoms with Gasteiger partial charge in [-0.25, -0.2) is 0 Å². The summed E-state index contributed by atoms with van der Waals surface area (Å²) in [7, 11) is 0. The van der Waals surface area contributed by atoms with E-state index in [4.69, 9.17) is 4.52 Å². The van der Waals surface area contributed by atoms with Crippen LogP contribution in [0.5, 0.6) is 0 Å². The van der Waals surface area contributed by atoms with Crippen LogP contribution in [0.4, 0.5) is 0 Å². The van der Waals surface area contributed by atoms with Crippen LogP contribution < -0.4 is 0 Å². The molecule has 2 aromatic heterocycles. The first-order valence-electron chi connectivity index (χ1n) is 10.7. The van der Waals surface area contributed by atoms with Crippen molar-refractivity contribution >= 4 is 28.0 Å². The van der Waals surface area contributed by atoms with Gasteiger partial charge in [-0.3, -0.25) is 9.69 Å². The number of nitrogens with zero attached hydrogens (tertiary/aromatic N) is 4. The molecule has 0 unspecified atom stereocenters. The molecule has 0 N–H and O–H groups in total. The van der Waals surface area contributed by atoms with Gasteiger partial charge in [0.05, 0.1) is 11.4 Å². The van der Waals surface area contributed by atoms with Gasteiger partial charge in [-0.05, 0) is 52.3 Å². The zero-order chi connectivity index (χ0) is 20.8. The summed E-state index contributed by atoms with van der Waals surface area (Å²) in [5.41, 5.74) is 3.57. The molecule has 1 aliphatic heterocycles. The maximum Gasteiger partial charge on any atom is 0.254 e. The predicted molar refractivity (Wildman–Crippen MR) is 120 cm³/mol. The molecule has 0 spiro atoms. The van der Waals surface area contributed by atoms with Gasteiger partial charge in [-0.15, -0.1) is 11.3 Å². The molecule has 0 atom stereocenters. The van der Waals surface area contributed by atoms with E-state index in [0.717, 1.165) is 41.8 Å². The van der Waals surface area contributed by atoms with E-state index in [2.05, 4.69) is 39.3 Å². The quantitative estimate of drug-likeness (QED) is 0.490. The highest BCUT2D eigenvalue weighted by Crippen LogP contribution is 2.33. The molecular formula is C24H22N4O2S. The number of aryl methyl sites for hydroxylation is 2. The van der Waals surface area contributed by atoms with Crippen molar-refractivity contribution in [3.05, 3.63) is 70.4 Å². The van der Waals surface area contributed by atoms with E-state index in [0.29, 0.717) is 31.3 Å². The van der Waals surface area contributed by atoms with E-state index < -0.39 is 0 Å². The van der Waals surface area contributed by atoms with Crippen LogP contribution in [0.25, 0.3) is 21.5 Å². The van der Waals surface area contributed by atoms with Crippen LogP contribution in [0.3, 0.4) is 0 Å². The van der Waals surface area contributed by atoms with E-state index in [1.807, 2.05) is 28.5 Å². The molecule has 0 bridgehead atoms. The molecule has 6 nitrogen and oxygen atoms in total. The molecule has 156 valence electrons. The van der Waals surface area contributed by atoms with Crippen LogP contribution in [0.1, 0.15) is 27.4 Å². The topological polar surface area (TPSA) is 62.5 Å². The van der Waals surface area contributed by atoms with E-state index >= 15 is 0 Å². The maximum absolute atomic E-state index is 13.3. The molecule has 0 saturated carbocycles. The van der Waals surface area contributed by atoms with E-state index in [1.54, 1.807) is 11.3 Å². The number of hydrogen-bond donors (Lipinski definition) is 0. The van der Waals surface area contributed by atoms with Crippen molar-refractivity contribution in [1.82, 2.24) is 19.9 Å². The summed E-state index contributed by atoms with van der Waals surface area (Å²) in [5.74, 6) is 1.40. The summed E-state index contributed by atoms with van der Waals surface area (Å²) < 4.78 is 5.43. The van der Waals surface area contributed by atoms with Gasteiger partial charge >= 0.3 is 0 Å². The molecule has 3 heterocycles. The van der Waals surface area contributed by atoms with Crippen molar-refractivity contribution in [3.8, 4) is 10.7 Å². The number of carbonyl (C=O) groups excluding carboxylic acids is 1. The Morgan fingerprint density at radius 3 is 2.65 bits per heavy atom. The Bertz CT molecular complexity index is 1250. The minimum absolute atomic E-state index is 0.132. The van der Waals surface area contributed by atoms with Crippen molar-refractivity contribution in [1.29, 1.82) is 0 Å². The molecule has 31 heavy (non-hydrogen) atoms. The Kier molecular flexibility index (Phi) is 4.58. The van der Waals surface area contributed by atoms with Gasteiger partial charge in [0, 0.05) is 31.7 Å². The normalized spacial score (nSPS) is 16.3. The highest BCUT2D eigenvalue weighted by molar-refractivity contribution is 7.13. The lowest BCUT2D eigenvalue weighted by atomic mass is 9.99. The molecule has 4 aromatic rings. The Morgan fingerprint density at radius 1 is 1.00 bits per heavy atom. The third-order valence-corrected chi connectivity index (χ3v) is 7.20. The van der Waals surface area contributed by atoms with Crippen LogP contribution >= 0.6 is 11.3 Å². The minimum atomic E-state index is 0.132. The van der Waals surface area contributed by atoms with E-state index in [1.165, 1.54) is 16.5 Å². The second-order valence-electron chi connectivity index (χ2n) is 8.17. The van der Waals surface area contributed by atoms with Gasteiger partial charge in [0.2, 0.25) is 11.7 Å². The first-order chi connectivity index (χ1) is 15.3. The molecule has 1 saturated heterocycles. The molecule has 2 aliphatic rings. The Balaban J connectivity index is 1.14. The molecule has 7 heteroatoms. The number of benzene rings is 2. The van der Waals surface area contributed by atoms with Gasteiger partial charge in [0.15, 0.2) is 0 Å². The number of hydrogen-bond acceptors (Lipinski definition) is 6. The van der Waals surface area contributed by atoms with Crippen molar-refractivity contribution in [2.45, 2.75) is 19.4 Å². The predicted octanol–water partition coefficient (Wildman–Crippen LogP) is 4.01. The van der Waals surface area contributed by atoms with Crippen LogP contribution in [0.2, 0.25) is 0 Å². The summed E-state index contributed by atoms with van der Waals surface area (Å²) >= 11 is 1.60. The summed E-state index contributed by atoms with van der Waals surface area (Å²) in [4.78, 5) is 23.1.